The van der Waals surface area contributed by atoms with Crippen LogP contribution in [0.5, 0.6) is 0 Å². The van der Waals surface area contributed by atoms with Crippen LogP contribution in [0.15, 0.2) is 24.3 Å². The Morgan fingerprint density at radius 1 is 1.19 bits per heavy atom. The first-order valence-corrected chi connectivity index (χ1v) is 10.9. The number of anilines is 2. The highest BCUT2D eigenvalue weighted by atomic mass is 32.2. The number of likely N-dealkylation sites (N-methyl/N-ethyl adjacent to an activating group) is 1. The van der Waals surface area contributed by atoms with Gasteiger partial charge in [0.25, 0.3) is 0 Å². The number of ether oxygens (including phenoxy) is 1. The van der Waals surface area contributed by atoms with Crippen molar-refractivity contribution in [2.45, 2.75) is 6.42 Å². The SMILES string of the molecule is COCCNC(=O)CCN(c1ccc(N2CCN(C)CC2)cc1)S(C)(=O)=O. The van der Waals surface area contributed by atoms with Gasteiger partial charge in [-0.1, -0.05) is 0 Å². The van der Waals surface area contributed by atoms with Crippen molar-refractivity contribution in [1.29, 1.82) is 0 Å². The largest absolute Gasteiger partial charge is 0.383 e. The summed E-state index contributed by atoms with van der Waals surface area (Å²) in [6.45, 7) is 4.86. The molecule has 0 aliphatic carbocycles. The molecule has 1 aromatic rings. The van der Waals surface area contributed by atoms with Gasteiger partial charge in [-0.3, -0.25) is 9.10 Å². The van der Waals surface area contributed by atoms with Gasteiger partial charge in [-0.05, 0) is 31.3 Å². The van der Waals surface area contributed by atoms with Crippen LogP contribution in [0.2, 0.25) is 0 Å². The number of amides is 1. The number of carbonyl (C=O) groups is 1. The van der Waals surface area contributed by atoms with E-state index in [1.807, 2.05) is 12.1 Å². The summed E-state index contributed by atoms with van der Waals surface area (Å²) in [5.74, 6) is -0.199. The van der Waals surface area contributed by atoms with Gasteiger partial charge in [0.1, 0.15) is 0 Å². The second-order valence-corrected chi connectivity index (χ2v) is 8.64. The summed E-state index contributed by atoms with van der Waals surface area (Å²) in [7, 11) is 0.190. The van der Waals surface area contributed by atoms with Crippen molar-refractivity contribution in [3.05, 3.63) is 24.3 Å². The fourth-order valence-corrected chi connectivity index (χ4v) is 3.89. The summed E-state index contributed by atoms with van der Waals surface area (Å²) in [5.41, 5.74) is 1.65. The van der Waals surface area contributed by atoms with Gasteiger partial charge in [-0.25, -0.2) is 8.42 Å². The molecule has 1 fully saturated rings. The van der Waals surface area contributed by atoms with Crippen LogP contribution in [0.1, 0.15) is 6.42 Å². The molecule has 9 heteroatoms. The van der Waals surface area contributed by atoms with Gasteiger partial charge in [-0.15, -0.1) is 0 Å². The minimum atomic E-state index is -3.48. The van der Waals surface area contributed by atoms with E-state index >= 15 is 0 Å². The lowest BCUT2D eigenvalue weighted by Crippen LogP contribution is -2.44. The van der Waals surface area contributed by atoms with Crippen molar-refractivity contribution in [3.63, 3.8) is 0 Å². The van der Waals surface area contributed by atoms with E-state index in [-0.39, 0.29) is 18.9 Å². The number of sulfonamides is 1. The Balaban J connectivity index is 2.01. The zero-order chi connectivity index (χ0) is 19.9. The molecule has 1 aromatic carbocycles. The fourth-order valence-electron chi connectivity index (χ4n) is 2.96. The number of methoxy groups -OCH3 is 1. The number of piperazine rings is 1. The molecule has 0 bridgehead atoms. The summed E-state index contributed by atoms with van der Waals surface area (Å²) in [6.07, 6.45) is 1.25. The molecular weight excluding hydrogens is 368 g/mol. The smallest absolute Gasteiger partial charge is 0.232 e. The number of nitrogens with zero attached hydrogens (tertiary/aromatic N) is 3. The van der Waals surface area contributed by atoms with E-state index < -0.39 is 10.0 Å². The van der Waals surface area contributed by atoms with Gasteiger partial charge in [0.05, 0.1) is 18.6 Å². The number of hydrogen-bond donors (Lipinski definition) is 1. The van der Waals surface area contributed by atoms with E-state index in [0.717, 1.165) is 38.1 Å². The normalized spacial score (nSPS) is 15.6. The third kappa shape index (κ3) is 6.67. The lowest BCUT2D eigenvalue weighted by atomic mass is 10.2. The van der Waals surface area contributed by atoms with Crippen molar-refractivity contribution in [2.24, 2.45) is 0 Å². The van der Waals surface area contributed by atoms with E-state index in [2.05, 4.69) is 22.2 Å². The molecule has 0 unspecified atom stereocenters. The number of hydrogen-bond acceptors (Lipinski definition) is 6. The fraction of sp³-hybridized carbons (Fsp3) is 0.611. The van der Waals surface area contributed by atoms with Crippen LogP contribution in [0.25, 0.3) is 0 Å². The predicted octanol–water partition coefficient (Wildman–Crippen LogP) is 0.357. The number of rotatable bonds is 9. The second-order valence-electron chi connectivity index (χ2n) is 6.73. The topological polar surface area (TPSA) is 82.2 Å². The third-order valence-corrected chi connectivity index (χ3v) is 5.77. The molecule has 1 aliphatic rings. The summed E-state index contributed by atoms with van der Waals surface area (Å²) < 4.78 is 30.5. The van der Waals surface area contributed by atoms with Crippen molar-refractivity contribution in [2.75, 3.05) is 75.5 Å². The van der Waals surface area contributed by atoms with E-state index in [1.54, 1.807) is 19.2 Å². The van der Waals surface area contributed by atoms with Crippen LogP contribution in [0, 0.1) is 0 Å². The molecule has 2 rings (SSSR count). The zero-order valence-electron chi connectivity index (χ0n) is 16.3. The van der Waals surface area contributed by atoms with Gasteiger partial charge in [-0.2, -0.15) is 0 Å². The highest BCUT2D eigenvalue weighted by Crippen LogP contribution is 2.23. The quantitative estimate of drug-likeness (QED) is 0.605. The summed E-state index contributed by atoms with van der Waals surface area (Å²) in [5, 5.41) is 2.70. The van der Waals surface area contributed by atoms with Crippen LogP contribution >= 0.6 is 0 Å². The maximum atomic E-state index is 12.2. The lowest BCUT2D eigenvalue weighted by molar-refractivity contribution is -0.121. The molecule has 27 heavy (non-hydrogen) atoms. The Kier molecular flexibility index (Phi) is 7.88. The first kappa shape index (κ1) is 21.5. The minimum absolute atomic E-state index is 0.0942. The molecule has 0 aromatic heterocycles. The predicted molar refractivity (Wildman–Crippen MR) is 108 cm³/mol. The highest BCUT2D eigenvalue weighted by Gasteiger charge is 2.20. The molecule has 0 spiro atoms. The van der Waals surface area contributed by atoms with Crippen LogP contribution in [0.4, 0.5) is 11.4 Å². The number of benzene rings is 1. The van der Waals surface area contributed by atoms with Gasteiger partial charge >= 0.3 is 0 Å². The molecule has 1 heterocycles. The van der Waals surface area contributed by atoms with Crippen molar-refractivity contribution < 1.29 is 17.9 Å². The average Bonchev–Trinajstić information content (AvgIpc) is 2.62. The first-order valence-electron chi connectivity index (χ1n) is 9.08. The minimum Gasteiger partial charge on any atom is -0.383 e. The Morgan fingerprint density at radius 3 is 2.37 bits per heavy atom. The molecule has 152 valence electrons. The summed E-state index contributed by atoms with van der Waals surface area (Å²) in [6, 6.07) is 7.49. The molecular formula is C18H30N4O4S. The third-order valence-electron chi connectivity index (χ3n) is 4.58. The Labute approximate surface area is 162 Å². The zero-order valence-corrected chi connectivity index (χ0v) is 17.2. The molecule has 1 N–H and O–H groups in total. The number of carbonyl (C=O) groups excluding carboxylic acids is 1. The highest BCUT2D eigenvalue weighted by molar-refractivity contribution is 7.92. The van der Waals surface area contributed by atoms with E-state index in [1.165, 1.54) is 4.31 Å². The van der Waals surface area contributed by atoms with Crippen molar-refractivity contribution >= 4 is 27.3 Å². The van der Waals surface area contributed by atoms with Crippen LogP contribution < -0.4 is 14.5 Å². The van der Waals surface area contributed by atoms with Crippen molar-refractivity contribution in [1.82, 2.24) is 10.2 Å². The van der Waals surface area contributed by atoms with E-state index in [4.69, 9.17) is 4.74 Å². The summed E-state index contributed by atoms with van der Waals surface area (Å²) >= 11 is 0. The molecule has 0 atom stereocenters. The first-order chi connectivity index (χ1) is 12.8. The van der Waals surface area contributed by atoms with Gasteiger partial charge < -0.3 is 19.9 Å². The van der Waals surface area contributed by atoms with Crippen LogP contribution in [-0.4, -0.2) is 85.5 Å². The van der Waals surface area contributed by atoms with E-state index in [0.29, 0.717) is 18.8 Å². The maximum Gasteiger partial charge on any atom is 0.232 e. The standard InChI is InChI=1S/C18H30N4O4S/c1-20-11-13-21(14-12-20)16-4-6-17(7-5-16)22(27(3,24)25)10-8-18(23)19-9-15-26-2/h4-7H,8-15H2,1-3H3,(H,19,23). The van der Waals surface area contributed by atoms with Gasteiger partial charge in [0, 0.05) is 58.5 Å². The molecule has 1 saturated heterocycles. The maximum absolute atomic E-state index is 12.2. The molecule has 0 radical (unpaired) electrons. The summed E-state index contributed by atoms with van der Waals surface area (Å²) in [4.78, 5) is 16.4. The monoisotopic (exact) mass is 398 g/mol. The average molecular weight is 399 g/mol. The van der Waals surface area contributed by atoms with Gasteiger partial charge in [0.15, 0.2) is 0 Å². The lowest BCUT2D eigenvalue weighted by Gasteiger charge is -2.34. The van der Waals surface area contributed by atoms with Crippen molar-refractivity contribution in [3.8, 4) is 0 Å². The molecule has 0 saturated carbocycles. The molecule has 8 nitrogen and oxygen atoms in total. The number of nitrogens with one attached hydrogen (secondary N) is 1. The molecule has 1 amide bonds. The Hall–Kier alpha value is -1.84. The second kappa shape index (κ2) is 9.91. The Morgan fingerprint density at radius 2 is 1.81 bits per heavy atom. The Bertz CT molecular complexity index is 701. The van der Waals surface area contributed by atoms with Gasteiger partial charge in [0.2, 0.25) is 15.9 Å². The molecule has 1 aliphatic heterocycles. The van der Waals surface area contributed by atoms with Crippen LogP contribution in [0.3, 0.4) is 0 Å². The van der Waals surface area contributed by atoms with E-state index in [9.17, 15) is 13.2 Å². The van der Waals surface area contributed by atoms with Crippen LogP contribution in [-0.2, 0) is 19.6 Å².